The second-order valence-electron chi connectivity index (χ2n) is 6.99. The van der Waals surface area contributed by atoms with Crippen LogP contribution in [0.4, 0.5) is 11.1 Å². The number of carbonyl (C=O) groups is 1. The third-order valence-corrected chi connectivity index (χ3v) is 6.42. The zero-order valence-corrected chi connectivity index (χ0v) is 20.3. The Morgan fingerprint density at radius 2 is 1.91 bits per heavy atom. The predicted molar refractivity (Wildman–Crippen MR) is 133 cm³/mol. The number of nitrogens with one attached hydrogen (secondary N) is 1. The predicted octanol–water partition coefficient (Wildman–Crippen LogP) is 2.89. The monoisotopic (exact) mass is 579 g/mol. The molecule has 4 rings (SSSR count). The number of halogens is 1. The second kappa shape index (κ2) is 9.70. The largest absolute Gasteiger partial charge is 0.497 e. The minimum atomic E-state index is -1.11. The zero-order valence-electron chi connectivity index (χ0n) is 17.3. The molecule has 0 spiro atoms. The average Bonchev–Trinajstić information content (AvgIpc) is 3.18. The fourth-order valence-electron chi connectivity index (χ4n) is 3.12. The van der Waals surface area contributed by atoms with E-state index in [0.29, 0.717) is 10.9 Å². The molecule has 0 saturated carbocycles. The molecule has 12 heteroatoms. The third-order valence-electron chi connectivity index (χ3n) is 4.77. The second-order valence-corrected chi connectivity index (χ2v) is 9.26. The fraction of sp³-hybridized carbons (Fsp3) is 0.190. The molecular formula is C21H18IN5O5S. The van der Waals surface area contributed by atoms with Gasteiger partial charge in [-0.3, -0.25) is 9.36 Å². The number of nitrogens with zero attached hydrogens (tertiary/aromatic N) is 4. The Hall–Kier alpha value is -3.26. The highest BCUT2D eigenvalue weighted by molar-refractivity contribution is 14.1. The number of rotatable bonds is 8. The van der Waals surface area contributed by atoms with Gasteiger partial charge in [0.1, 0.15) is 5.75 Å². The van der Waals surface area contributed by atoms with Crippen LogP contribution in [0.25, 0.3) is 10.2 Å². The summed E-state index contributed by atoms with van der Waals surface area (Å²) in [4.78, 5) is 45.2. The van der Waals surface area contributed by atoms with Gasteiger partial charge in [0.05, 0.1) is 30.3 Å². The van der Waals surface area contributed by atoms with E-state index in [0.717, 1.165) is 23.9 Å². The molecule has 0 aliphatic heterocycles. The van der Waals surface area contributed by atoms with Crippen molar-refractivity contribution in [2.45, 2.75) is 19.5 Å². The van der Waals surface area contributed by atoms with E-state index in [1.54, 1.807) is 13.2 Å². The third kappa shape index (κ3) is 5.22. The first-order chi connectivity index (χ1) is 15.8. The summed E-state index contributed by atoms with van der Waals surface area (Å²) >= 11 is 3.51. The molecule has 0 aliphatic rings. The molecule has 2 aromatic carbocycles. The molecule has 0 saturated heterocycles. The summed E-state index contributed by atoms with van der Waals surface area (Å²) in [6.45, 7) is -0.134. The Labute approximate surface area is 204 Å². The summed E-state index contributed by atoms with van der Waals surface area (Å²) in [6, 6.07) is 13.0. The molecule has 4 aromatic rings. The van der Waals surface area contributed by atoms with Crippen molar-refractivity contribution in [3.8, 4) is 5.75 Å². The normalized spacial score (nSPS) is 11.0. The van der Waals surface area contributed by atoms with Gasteiger partial charge in [0.25, 0.3) is 0 Å². The number of benzene rings is 2. The van der Waals surface area contributed by atoms with Gasteiger partial charge in [-0.2, -0.15) is 4.98 Å². The number of methoxy groups -OCH3 is 1. The number of anilines is 2. The van der Waals surface area contributed by atoms with E-state index in [-0.39, 0.29) is 25.5 Å². The van der Waals surface area contributed by atoms with Crippen LogP contribution in [0.5, 0.6) is 5.75 Å². The first kappa shape index (κ1) is 22.9. The molecule has 2 N–H and O–H groups in total. The van der Waals surface area contributed by atoms with Gasteiger partial charge in [-0.05, 0) is 58.5 Å². The smallest absolute Gasteiger partial charge is 0.354 e. The van der Waals surface area contributed by atoms with Crippen molar-refractivity contribution >= 4 is 61.2 Å². The quantitative estimate of drug-likeness (QED) is 0.305. The van der Waals surface area contributed by atoms with Crippen LogP contribution in [0.3, 0.4) is 0 Å². The van der Waals surface area contributed by atoms with Crippen LogP contribution in [0.1, 0.15) is 12.0 Å². The Kier molecular flexibility index (Phi) is 6.74. The standard InChI is InChI=1S/C21H18IN5O5S/c1-32-14-6-7-15-16(10-14)33-19(23-15)24-18-25-20(30)26(9-8-17(28)29)21(31)27(18)11-12-2-4-13(22)5-3-12/h2-7,10H,8-9,11H2,1H3,(H,28,29)(H,23,24,25,30). The number of aromatic nitrogens is 4. The Balaban J connectivity index is 1.76. The van der Waals surface area contributed by atoms with E-state index in [4.69, 9.17) is 9.84 Å². The molecule has 2 heterocycles. The van der Waals surface area contributed by atoms with Crippen molar-refractivity contribution < 1.29 is 14.6 Å². The first-order valence-electron chi connectivity index (χ1n) is 9.73. The van der Waals surface area contributed by atoms with Gasteiger partial charge >= 0.3 is 17.3 Å². The van der Waals surface area contributed by atoms with Gasteiger partial charge in [0.2, 0.25) is 5.95 Å². The van der Waals surface area contributed by atoms with Gasteiger partial charge in [0.15, 0.2) is 5.13 Å². The van der Waals surface area contributed by atoms with Crippen LogP contribution in [0.15, 0.2) is 52.1 Å². The number of hydrogen-bond donors (Lipinski definition) is 2. The molecule has 10 nitrogen and oxygen atoms in total. The average molecular weight is 579 g/mol. The minimum Gasteiger partial charge on any atom is -0.497 e. The number of carboxylic acid groups (broad SMARTS) is 1. The summed E-state index contributed by atoms with van der Waals surface area (Å²) in [7, 11) is 1.58. The molecule has 33 heavy (non-hydrogen) atoms. The van der Waals surface area contributed by atoms with Crippen molar-refractivity contribution in [3.05, 3.63) is 72.6 Å². The maximum absolute atomic E-state index is 13.2. The van der Waals surface area contributed by atoms with E-state index in [1.165, 1.54) is 15.9 Å². The Bertz CT molecular complexity index is 1440. The van der Waals surface area contributed by atoms with Crippen LogP contribution in [0.2, 0.25) is 0 Å². The molecule has 0 fully saturated rings. The van der Waals surface area contributed by atoms with Gasteiger partial charge < -0.3 is 15.2 Å². The van der Waals surface area contributed by atoms with E-state index >= 15 is 0 Å². The van der Waals surface area contributed by atoms with Gasteiger partial charge in [-0.15, -0.1) is 0 Å². The molecule has 0 atom stereocenters. The maximum atomic E-state index is 13.2. The first-order valence-corrected chi connectivity index (χ1v) is 11.6. The summed E-state index contributed by atoms with van der Waals surface area (Å²) < 4.78 is 9.27. The molecular weight excluding hydrogens is 561 g/mol. The molecule has 0 aliphatic carbocycles. The lowest BCUT2D eigenvalue weighted by Crippen LogP contribution is -2.43. The summed E-state index contributed by atoms with van der Waals surface area (Å²) in [5.41, 5.74) is 0.0648. The van der Waals surface area contributed by atoms with Crippen LogP contribution < -0.4 is 21.4 Å². The van der Waals surface area contributed by atoms with E-state index < -0.39 is 17.3 Å². The number of ether oxygens (including phenoxy) is 1. The number of hydrogen-bond acceptors (Lipinski definition) is 8. The number of carboxylic acids is 1. The van der Waals surface area contributed by atoms with E-state index in [2.05, 4.69) is 37.9 Å². The van der Waals surface area contributed by atoms with Crippen LogP contribution >= 0.6 is 33.9 Å². The molecule has 0 amide bonds. The van der Waals surface area contributed by atoms with Gasteiger partial charge in [-0.1, -0.05) is 23.5 Å². The molecule has 2 aromatic heterocycles. The van der Waals surface area contributed by atoms with Crippen LogP contribution in [-0.2, 0) is 17.9 Å². The minimum absolute atomic E-state index is 0.0288. The molecule has 0 unspecified atom stereocenters. The Morgan fingerprint density at radius 1 is 1.15 bits per heavy atom. The van der Waals surface area contributed by atoms with Crippen LogP contribution in [0, 0.1) is 3.57 Å². The molecule has 0 radical (unpaired) electrons. The van der Waals surface area contributed by atoms with Crippen molar-refractivity contribution in [1.29, 1.82) is 0 Å². The zero-order chi connectivity index (χ0) is 23.5. The van der Waals surface area contributed by atoms with Crippen LogP contribution in [-0.4, -0.2) is 37.3 Å². The summed E-state index contributed by atoms with van der Waals surface area (Å²) in [6.07, 6.45) is -0.368. The van der Waals surface area contributed by atoms with Crippen molar-refractivity contribution in [3.63, 3.8) is 0 Å². The summed E-state index contributed by atoms with van der Waals surface area (Å²) in [5, 5.41) is 12.4. The SMILES string of the molecule is COc1ccc2nc(Nc3nc(=O)n(CCC(=O)O)c(=O)n3Cc3ccc(I)cc3)sc2c1. The van der Waals surface area contributed by atoms with Gasteiger partial charge in [-0.25, -0.2) is 19.1 Å². The topological polar surface area (TPSA) is 128 Å². The Morgan fingerprint density at radius 3 is 2.61 bits per heavy atom. The summed E-state index contributed by atoms with van der Waals surface area (Å²) in [5.74, 6) is -0.397. The highest BCUT2D eigenvalue weighted by Crippen LogP contribution is 2.30. The lowest BCUT2D eigenvalue weighted by molar-refractivity contribution is -0.137. The number of aliphatic carboxylic acids is 1. The lowest BCUT2D eigenvalue weighted by Gasteiger charge is -2.14. The number of fused-ring (bicyclic) bond motifs is 1. The molecule has 170 valence electrons. The molecule has 0 bridgehead atoms. The van der Waals surface area contributed by atoms with Crippen molar-refractivity contribution in [2.24, 2.45) is 0 Å². The maximum Gasteiger partial charge on any atom is 0.354 e. The van der Waals surface area contributed by atoms with Crippen molar-refractivity contribution in [2.75, 3.05) is 12.4 Å². The van der Waals surface area contributed by atoms with Crippen molar-refractivity contribution in [1.82, 2.24) is 19.1 Å². The lowest BCUT2D eigenvalue weighted by atomic mass is 10.2. The highest BCUT2D eigenvalue weighted by atomic mass is 127. The van der Waals surface area contributed by atoms with E-state index in [1.807, 2.05) is 36.4 Å². The van der Waals surface area contributed by atoms with Gasteiger partial charge in [0, 0.05) is 10.1 Å². The number of thiazole rings is 1. The highest BCUT2D eigenvalue weighted by Gasteiger charge is 2.16. The van der Waals surface area contributed by atoms with E-state index in [9.17, 15) is 14.4 Å². The fourth-order valence-corrected chi connectivity index (χ4v) is 4.37.